The molecule has 1 amide bonds. The number of ether oxygens (including phenoxy) is 2. The fourth-order valence-electron chi connectivity index (χ4n) is 3.90. The number of para-hydroxylation sites is 2. The number of nitrogens with one attached hydrogen (secondary N) is 1. The number of carbonyl (C=O) groups is 1. The maximum absolute atomic E-state index is 12.4. The van der Waals surface area contributed by atoms with Crippen molar-refractivity contribution in [1.29, 1.82) is 0 Å². The van der Waals surface area contributed by atoms with Gasteiger partial charge in [-0.05, 0) is 50.4 Å². The molecule has 0 aromatic heterocycles. The number of fused-ring (bicyclic) bond motifs is 3. The summed E-state index contributed by atoms with van der Waals surface area (Å²) < 4.78 is 11.6. The smallest absolute Gasteiger partial charge is 0.412 e. The molecular formula is C21H33ClN2O3. The molecule has 1 unspecified atom stereocenters. The molecule has 0 aliphatic carbocycles. The summed E-state index contributed by atoms with van der Waals surface area (Å²) in [6.45, 7) is 6.04. The minimum atomic E-state index is -0.372. The predicted octanol–water partition coefficient (Wildman–Crippen LogP) is 5.10. The van der Waals surface area contributed by atoms with Crippen LogP contribution in [-0.2, 0) is 4.74 Å². The first-order chi connectivity index (χ1) is 12.8. The largest absolute Gasteiger partial charge is 0.491 e. The maximum atomic E-state index is 12.4. The van der Waals surface area contributed by atoms with Gasteiger partial charge in [-0.3, -0.25) is 10.2 Å². The van der Waals surface area contributed by atoms with Gasteiger partial charge >= 0.3 is 6.09 Å². The summed E-state index contributed by atoms with van der Waals surface area (Å²) in [5, 5.41) is 2.87. The number of unbranched alkanes of at least 4 members (excludes halogenated alkanes) is 4. The Morgan fingerprint density at radius 1 is 1.15 bits per heavy atom. The molecule has 27 heavy (non-hydrogen) atoms. The van der Waals surface area contributed by atoms with Crippen LogP contribution in [0.3, 0.4) is 0 Å². The molecule has 5 nitrogen and oxygen atoms in total. The predicted molar refractivity (Wildman–Crippen MR) is 111 cm³/mol. The summed E-state index contributed by atoms with van der Waals surface area (Å²) in [4.78, 5) is 14.7. The van der Waals surface area contributed by atoms with Crippen molar-refractivity contribution in [1.82, 2.24) is 4.90 Å². The summed E-state index contributed by atoms with van der Waals surface area (Å²) in [6.07, 6.45) is 7.92. The molecule has 1 N–H and O–H groups in total. The topological polar surface area (TPSA) is 50.8 Å². The number of amides is 1. The number of halogens is 1. The second kappa shape index (κ2) is 11.4. The average Bonchev–Trinajstić information content (AvgIpc) is 2.66. The highest BCUT2D eigenvalue weighted by atomic mass is 35.5. The lowest BCUT2D eigenvalue weighted by Crippen LogP contribution is -2.52. The van der Waals surface area contributed by atoms with Crippen molar-refractivity contribution in [2.75, 3.05) is 31.6 Å². The van der Waals surface area contributed by atoms with Crippen LogP contribution in [0.4, 0.5) is 10.5 Å². The minimum absolute atomic E-state index is 0. The van der Waals surface area contributed by atoms with Gasteiger partial charge in [-0.15, -0.1) is 12.4 Å². The number of benzene rings is 1. The Hall–Kier alpha value is -1.46. The molecule has 1 aromatic carbocycles. The molecule has 1 atom stereocenters. The van der Waals surface area contributed by atoms with Gasteiger partial charge in [-0.25, -0.2) is 4.79 Å². The highest BCUT2D eigenvalue weighted by Gasteiger charge is 2.36. The number of hydrogen-bond donors (Lipinski definition) is 1. The summed E-state index contributed by atoms with van der Waals surface area (Å²) in [5.41, 5.74) is 0.687. The molecular weight excluding hydrogens is 364 g/mol. The van der Waals surface area contributed by atoms with Gasteiger partial charge in [0.05, 0.1) is 12.3 Å². The second-order valence-corrected chi connectivity index (χ2v) is 7.47. The monoisotopic (exact) mass is 396 g/mol. The van der Waals surface area contributed by atoms with Crippen molar-refractivity contribution in [3.05, 3.63) is 24.3 Å². The molecule has 2 bridgehead atoms. The lowest BCUT2D eigenvalue weighted by molar-refractivity contribution is -0.0290. The maximum Gasteiger partial charge on any atom is 0.412 e. The molecule has 0 saturated carbocycles. The van der Waals surface area contributed by atoms with Crippen molar-refractivity contribution in [2.24, 2.45) is 5.92 Å². The van der Waals surface area contributed by atoms with E-state index in [1.54, 1.807) is 0 Å². The first-order valence-corrected chi connectivity index (χ1v) is 10.2. The van der Waals surface area contributed by atoms with Crippen LogP contribution in [0.1, 0.15) is 51.9 Å². The van der Waals surface area contributed by atoms with E-state index in [0.29, 0.717) is 24.0 Å². The van der Waals surface area contributed by atoms with E-state index in [2.05, 4.69) is 17.1 Å². The van der Waals surface area contributed by atoms with E-state index in [0.717, 1.165) is 38.9 Å². The average molecular weight is 397 g/mol. The first-order valence-electron chi connectivity index (χ1n) is 10.2. The molecule has 6 heteroatoms. The van der Waals surface area contributed by atoms with Crippen molar-refractivity contribution in [2.45, 2.75) is 58.0 Å². The standard InChI is InChI=1S/C21H32N2O3.ClH/c1-2-3-4-5-8-15-25-19-10-7-6-9-18(19)22-21(24)26-20-16-23-13-11-17(20)12-14-23;/h6-7,9-10,17,20H,2-5,8,11-16H2,1H3,(H,22,24);1H. The number of piperidine rings is 3. The van der Waals surface area contributed by atoms with Gasteiger partial charge in [-0.2, -0.15) is 0 Å². The van der Waals surface area contributed by atoms with E-state index in [-0.39, 0.29) is 24.6 Å². The van der Waals surface area contributed by atoms with Crippen LogP contribution < -0.4 is 10.1 Å². The lowest BCUT2D eigenvalue weighted by atomic mass is 9.86. The third kappa shape index (κ3) is 6.58. The molecule has 4 rings (SSSR count). The van der Waals surface area contributed by atoms with Crippen LogP contribution >= 0.6 is 12.4 Å². The Balaban J connectivity index is 0.00000261. The molecule has 3 aliphatic rings. The van der Waals surface area contributed by atoms with Crippen LogP contribution in [0.15, 0.2) is 24.3 Å². The van der Waals surface area contributed by atoms with Gasteiger partial charge in [0, 0.05) is 6.54 Å². The zero-order valence-electron chi connectivity index (χ0n) is 16.3. The van der Waals surface area contributed by atoms with E-state index in [4.69, 9.17) is 9.47 Å². The van der Waals surface area contributed by atoms with Crippen molar-refractivity contribution >= 4 is 24.2 Å². The van der Waals surface area contributed by atoms with Crippen molar-refractivity contribution in [3.8, 4) is 5.75 Å². The first kappa shape index (κ1) is 21.8. The number of hydrogen-bond acceptors (Lipinski definition) is 4. The third-order valence-electron chi connectivity index (χ3n) is 5.48. The normalized spacial score (nSPS) is 23.4. The van der Waals surface area contributed by atoms with Gasteiger partial charge in [0.1, 0.15) is 11.9 Å². The highest BCUT2D eigenvalue weighted by Crippen LogP contribution is 2.30. The fourth-order valence-corrected chi connectivity index (χ4v) is 3.90. The zero-order valence-corrected chi connectivity index (χ0v) is 17.1. The van der Waals surface area contributed by atoms with Crippen molar-refractivity contribution < 1.29 is 14.3 Å². The molecule has 0 spiro atoms. The van der Waals surface area contributed by atoms with Crippen molar-refractivity contribution in [3.63, 3.8) is 0 Å². The number of nitrogens with zero attached hydrogens (tertiary/aromatic N) is 1. The Labute approximate surface area is 169 Å². The van der Waals surface area contributed by atoms with Gasteiger partial charge in [-0.1, -0.05) is 44.7 Å². The molecule has 0 radical (unpaired) electrons. The van der Waals surface area contributed by atoms with Crippen LogP contribution in [0.5, 0.6) is 5.75 Å². The third-order valence-corrected chi connectivity index (χ3v) is 5.48. The summed E-state index contributed by atoms with van der Waals surface area (Å²) in [7, 11) is 0. The Morgan fingerprint density at radius 2 is 1.89 bits per heavy atom. The summed E-state index contributed by atoms with van der Waals surface area (Å²) >= 11 is 0. The van der Waals surface area contributed by atoms with Crippen LogP contribution in [0.25, 0.3) is 0 Å². The Kier molecular flexibility index (Phi) is 9.22. The number of anilines is 1. The number of rotatable bonds is 9. The van der Waals surface area contributed by atoms with E-state index < -0.39 is 0 Å². The SMILES string of the molecule is CCCCCCCOc1ccccc1NC(=O)OC1CN2CCC1CC2.Cl. The van der Waals surface area contributed by atoms with E-state index in [1.165, 1.54) is 25.7 Å². The molecule has 3 aliphatic heterocycles. The van der Waals surface area contributed by atoms with Gasteiger partial charge < -0.3 is 9.47 Å². The summed E-state index contributed by atoms with van der Waals surface area (Å²) in [6, 6.07) is 7.59. The highest BCUT2D eigenvalue weighted by molar-refractivity contribution is 5.86. The fraction of sp³-hybridized carbons (Fsp3) is 0.667. The minimum Gasteiger partial charge on any atom is -0.491 e. The van der Waals surface area contributed by atoms with Crippen LogP contribution in [-0.4, -0.2) is 43.3 Å². The Bertz CT molecular complexity index is 576. The van der Waals surface area contributed by atoms with Gasteiger partial charge in [0.2, 0.25) is 0 Å². The molecule has 152 valence electrons. The quantitative estimate of drug-likeness (QED) is 0.590. The van der Waals surface area contributed by atoms with Gasteiger partial charge in [0.25, 0.3) is 0 Å². The Morgan fingerprint density at radius 3 is 2.59 bits per heavy atom. The summed E-state index contributed by atoms with van der Waals surface area (Å²) in [5.74, 6) is 1.23. The van der Waals surface area contributed by atoms with Crippen LogP contribution in [0.2, 0.25) is 0 Å². The molecule has 1 aromatic rings. The zero-order chi connectivity index (χ0) is 18.2. The molecule has 3 fully saturated rings. The van der Waals surface area contributed by atoms with Crippen LogP contribution in [0, 0.1) is 5.92 Å². The van der Waals surface area contributed by atoms with E-state index in [1.807, 2.05) is 24.3 Å². The molecule has 3 saturated heterocycles. The van der Waals surface area contributed by atoms with E-state index in [9.17, 15) is 4.79 Å². The van der Waals surface area contributed by atoms with Gasteiger partial charge in [0.15, 0.2) is 0 Å². The lowest BCUT2D eigenvalue weighted by Gasteiger charge is -2.43. The second-order valence-electron chi connectivity index (χ2n) is 7.47. The van der Waals surface area contributed by atoms with E-state index >= 15 is 0 Å². The number of carbonyl (C=O) groups excluding carboxylic acids is 1. The molecule has 3 heterocycles.